The summed E-state index contributed by atoms with van der Waals surface area (Å²) in [7, 11) is 0. The zero-order chi connectivity index (χ0) is 28.4. The highest BCUT2D eigenvalue weighted by atomic mass is 16.5. The first-order valence-electron chi connectivity index (χ1n) is 13.3. The molecule has 4 rings (SSSR count). The van der Waals surface area contributed by atoms with Crippen LogP contribution < -0.4 is 14.5 Å². The minimum atomic E-state index is -0.935. The van der Waals surface area contributed by atoms with Crippen molar-refractivity contribution in [3.8, 4) is 11.5 Å². The summed E-state index contributed by atoms with van der Waals surface area (Å²) in [6.45, 7) is 13.4. The highest BCUT2D eigenvalue weighted by Gasteiger charge is 2.47. The van der Waals surface area contributed by atoms with E-state index >= 15 is 0 Å². The molecule has 0 saturated carbocycles. The summed E-state index contributed by atoms with van der Waals surface area (Å²) >= 11 is 0. The number of phenols is 1. The third kappa shape index (κ3) is 5.35. The number of rotatable bonds is 8. The summed E-state index contributed by atoms with van der Waals surface area (Å²) in [5.41, 5.74) is 3.84. The molecule has 3 aromatic rings. The number of nitrogens with zero attached hydrogens (tertiary/aromatic N) is 2. The molecule has 0 radical (unpaired) electrons. The third-order valence-corrected chi connectivity index (χ3v) is 6.98. The third-order valence-electron chi connectivity index (χ3n) is 6.98. The van der Waals surface area contributed by atoms with Gasteiger partial charge in [-0.15, -0.1) is 0 Å². The van der Waals surface area contributed by atoms with Crippen molar-refractivity contribution in [2.24, 2.45) is 0 Å². The van der Waals surface area contributed by atoms with Crippen molar-refractivity contribution < 1.29 is 24.5 Å². The Morgan fingerprint density at radius 3 is 2.23 bits per heavy atom. The van der Waals surface area contributed by atoms with Gasteiger partial charge in [-0.1, -0.05) is 18.2 Å². The van der Waals surface area contributed by atoms with Crippen molar-refractivity contribution in [2.75, 3.05) is 22.9 Å². The Hall–Kier alpha value is -4.26. The zero-order valence-electron chi connectivity index (χ0n) is 23.4. The van der Waals surface area contributed by atoms with Gasteiger partial charge in [0.15, 0.2) is 0 Å². The molecular weight excluding hydrogens is 492 g/mol. The molecule has 7 nitrogen and oxygen atoms in total. The highest BCUT2D eigenvalue weighted by molar-refractivity contribution is 6.52. The van der Waals surface area contributed by atoms with Gasteiger partial charge in [0, 0.05) is 24.3 Å². The van der Waals surface area contributed by atoms with E-state index in [-0.39, 0.29) is 28.9 Å². The lowest BCUT2D eigenvalue weighted by Gasteiger charge is -2.27. The maximum atomic E-state index is 13.5. The van der Waals surface area contributed by atoms with Gasteiger partial charge >= 0.3 is 0 Å². The fourth-order valence-corrected chi connectivity index (χ4v) is 5.02. The lowest BCUT2D eigenvalue weighted by atomic mass is 9.94. The second-order valence-electron chi connectivity index (χ2n) is 10.1. The molecular formula is C32H36N2O5. The van der Waals surface area contributed by atoms with Gasteiger partial charge in [0.1, 0.15) is 17.3 Å². The fraction of sp³-hybridized carbons (Fsp3) is 0.312. The van der Waals surface area contributed by atoms with Crippen LogP contribution in [0.3, 0.4) is 0 Å². The van der Waals surface area contributed by atoms with Gasteiger partial charge in [-0.05, 0) is 101 Å². The van der Waals surface area contributed by atoms with Gasteiger partial charge in [-0.2, -0.15) is 0 Å². The number of benzene rings is 3. The van der Waals surface area contributed by atoms with Crippen LogP contribution in [0.5, 0.6) is 11.5 Å². The van der Waals surface area contributed by atoms with E-state index in [4.69, 9.17) is 4.74 Å². The molecule has 1 unspecified atom stereocenters. The number of hydrogen-bond donors (Lipinski definition) is 2. The summed E-state index contributed by atoms with van der Waals surface area (Å²) in [5.74, 6) is -1.35. The Bertz CT molecular complexity index is 1420. The average Bonchev–Trinajstić information content (AvgIpc) is 3.17. The second-order valence-corrected chi connectivity index (χ2v) is 10.1. The summed E-state index contributed by atoms with van der Waals surface area (Å²) in [6.07, 6.45) is -0.0187. The number of aromatic hydroxyl groups is 1. The first-order chi connectivity index (χ1) is 18.6. The number of aryl methyl sites for hydroxylation is 2. The first-order valence-corrected chi connectivity index (χ1v) is 13.3. The van der Waals surface area contributed by atoms with Crippen LogP contribution in [0.4, 0.5) is 11.4 Å². The molecule has 1 saturated heterocycles. The predicted octanol–water partition coefficient (Wildman–Crippen LogP) is 6.27. The summed E-state index contributed by atoms with van der Waals surface area (Å²) in [6, 6.07) is 16.7. The van der Waals surface area contributed by atoms with Crippen LogP contribution in [0, 0.1) is 13.8 Å². The largest absolute Gasteiger partial charge is 0.507 e. The molecule has 1 heterocycles. The van der Waals surface area contributed by atoms with Crippen molar-refractivity contribution >= 4 is 28.8 Å². The maximum Gasteiger partial charge on any atom is 0.300 e. The van der Waals surface area contributed by atoms with E-state index in [1.165, 1.54) is 11.0 Å². The number of ether oxygens (including phenoxy) is 1. The lowest BCUT2D eigenvalue weighted by molar-refractivity contribution is -0.132. The molecule has 1 atom stereocenters. The van der Waals surface area contributed by atoms with Crippen molar-refractivity contribution in [1.29, 1.82) is 0 Å². The smallest absolute Gasteiger partial charge is 0.300 e. The fourth-order valence-electron chi connectivity index (χ4n) is 5.02. The monoisotopic (exact) mass is 528 g/mol. The molecule has 1 aliphatic heterocycles. The van der Waals surface area contributed by atoms with Crippen LogP contribution in [0.1, 0.15) is 56.0 Å². The molecule has 0 aromatic heterocycles. The molecule has 1 amide bonds. The number of carbonyl (C=O) groups is 2. The summed E-state index contributed by atoms with van der Waals surface area (Å²) in [4.78, 5) is 30.5. The summed E-state index contributed by atoms with van der Waals surface area (Å²) < 4.78 is 5.82. The van der Waals surface area contributed by atoms with Crippen LogP contribution in [-0.2, 0) is 9.59 Å². The van der Waals surface area contributed by atoms with Crippen molar-refractivity contribution in [3.05, 3.63) is 88.5 Å². The number of anilines is 2. The van der Waals surface area contributed by atoms with E-state index in [0.717, 1.165) is 29.9 Å². The minimum absolute atomic E-state index is 0.0187. The van der Waals surface area contributed by atoms with Gasteiger partial charge in [0.2, 0.25) is 0 Å². The minimum Gasteiger partial charge on any atom is -0.507 e. The van der Waals surface area contributed by atoms with E-state index in [1.807, 2.05) is 52.0 Å². The number of aliphatic hydroxyl groups excluding tert-OH is 1. The van der Waals surface area contributed by atoms with E-state index < -0.39 is 17.7 Å². The molecule has 1 fully saturated rings. The Morgan fingerprint density at radius 1 is 0.974 bits per heavy atom. The maximum absolute atomic E-state index is 13.5. The number of ketones is 1. The summed E-state index contributed by atoms with van der Waals surface area (Å²) in [5, 5.41) is 22.2. The zero-order valence-corrected chi connectivity index (χ0v) is 23.4. The number of carbonyl (C=O) groups excluding carboxylic acids is 2. The van der Waals surface area contributed by atoms with Gasteiger partial charge in [-0.25, -0.2) is 0 Å². The standard InChI is InChI=1S/C32H36N2O5/c1-7-33(8-2)24-13-10-22(11-14-24)29-28(30(36)23-12-16-27(21(6)18-23)39-19(3)4)31(37)32(38)34(29)25-17-20(5)9-15-26(25)35/h9-19,29,35-36H,7-8H2,1-6H3/b30-28-. The van der Waals surface area contributed by atoms with Crippen molar-refractivity contribution in [3.63, 3.8) is 0 Å². The molecule has 0 aliphatic carbocycles. The predicted molar refractivity (Wildman–Crippen MR) is 155 cm³/mol. The molecule has 39 heavy (non-hydrogen) atoms. The van der Waals surface area contributed by atoms with Crippen LogP contribution in [0.2, 0.25) is 0 Å². The molecule has 0 spiro atoms. The average molecular weight is 529 g/mol. The molecule has 2 N–H and O–H groups in total. The molecule has 204 valence electrons. The lowest BCUT2D eigenvalue weighted by Crippen LogP contribution is -2.29. The van der Waals surface area contributed by atoms with E-state index in [0.29, 0.717) is 16.9 Å². The Labute approximate surface area is 230 Å². The van der Waals surface area contributed by atoms with Crippen LogP contribution in [0.25, 0.3) is 5.76 Å². The number of aliphatic hydroxyl groups is 1. The molecule has 0 bridgehead atoms. The number of amides is 1. The normalized spacial score (nSPS) is 16.7. The molecule has 3 aromatic carbocycles. The van der Waals surface area contributed by atoms with Crippen LogP contribution in [0.15, 0.2) is 66.2 Å². The Balaban J connectivity index is 1.91. The van der Waals surface area contributed by atoms with E-state index in [9.17, 15) is 19.8 Å². The number of hydrogen-bond acceptors (Lipinski definition) is 6. The Morgan fingerprint density at radius 2 is 1.64 bits per heavy atom. The second kappa shape index (κ2) is 11.2. The van der Waals surface area contributed by atoms with Crippen molar-refractivity contribution in [2.45, 2.75) is 53.7 Å². The molecule has 7 heteroatoms. The van der Waals surface area contributed by atoms with Gasteiger partial charge in [0.25, 0.3) is 11.7 Å². The van der Waals surface area contributed by atoms with E-state index in [1.54, 1.807) is 30.3 Å². The Kier molecular flexibility index (Phi) is 8.00. The van der Waals surface area contributed by atoms with Crippen LogP contribution >= 0.6 is 0 Å². The van der Waals surface area contributed by atoms with Gasteiger partial charge in [-0.3, -0.25) is 14.5 Å². The molecule has 1 aliphatic rings. The van der Waals surface area contributed by atoms with E-state index in [2.05, 4.69) is 18.7 Å². The quantitative estimate of drug-likeness (QED) is 0.204. The topological polar surface area (TPSA) is 90.3 Å². The SMILES string of the molecule is CCN(CC)c1ccc(C2/C(=C(/O)c3ccc(OC(C)C)c(C)c3)C(=O)C(=O)N2c2cc(C)ccc2O)cc1. The number of Topliss-reactive ketones (excluding diaryl/α,β-unsaturated/α-hetero) is 1. The van der Waals surface area contributed by atoms with Gasteiger partial charge in [0.05, 0.1) is 23.4 Å². The van der Waals surface area contributed by atoms with Crippen molar-refractivity contribution in [1.82, 2.24) is 0 Å². The van der Waals surface area contributed by atoms with Gasteiger partial charge < -0.3 is 19.8 Å². The highest BCUT2D eigenvalue weighted by Crippen LogP contribution is 2.45. The van der Waals surface area contributed by atoms with Crippen LogP contribution in [-0.4, -0.2) is 41.1 Å². The number of phenolic OH excluding ortho intramolecular Hbond substituents is 1. The first kappa shape index (κ1) is 27.8.